The van der Waals surface area contributed by atoms with Gasteiger partial charge in [0.25, 0.3) is 11.6 Å². The zero-order chi connectivity index (χ0) is 14.8. The highest BCUT2D eigenvalue weighted by molar-refractivity contribution is 5.95. The molecular formula is C14H19N3O3. The number of nitro benzene ring substituents is 1. The van der Waals surface area contributed by atoms with Gasteiger partial charge < -0.3 is 10.6 Å². The van der Waals surface area contributed by atoms with Gasteiger partial charge in [-0.15, -0.1) is 0 Å². The van der Waals surface area contributed by atoms with Crippen molar-refractivity contribution in [1.82, 2.24) is 5.32 Å². The van der Waals surface area contributed by atoms with Crippen molar-refractivity contribution in [2.75, 3.05) is 12.4 Å². The maximum atomic E-state index is 11.6. The molecule has 0 heterocycles. The Morgan fingerprint density at radius 3 is 2.60 bits per heavy atom. The lowest BCUT2D eigenvalue weighted by Gasteiger charge is -2.42. The zero-order valence-corrected chi connectivity index (χ0v) is 11.7. The SMILES string of the molecule is CCC1(Nc2ccc(C(=O)NC)cc2[N+](=O)[O-])CCC1. The fourth-order valence-electron chi connectivity index (χ4n) is 2.53. The van der Waals surface area contributed by atoms with Gasteiger partial charge in [0, 0.05) is 24.2 Å². The van der Waals surface area contributed by atoms with E-state index in [-0.39, 0.29) is 17.1 Å². The maximum Gasteiger partial charge on any atom is 0.293 e. The number of carbonyl (C=O) groups is 1. The summed E-state index contributed by atoms with van der Waals surface area (Å²) in [5.41, 5.74) is 0.707. The fraction of sp³-hybridized carbons (Fsp3) is 0.500. The number of nitrogens with one attached hydrogen (secondary N) is 2. The summed E-state index contributed by atoms with van der Waals surface area (Å²) in [7, 11) is 1.50. The molecule has 20 heavy (non-hydrogen) atoms. The van der Waals surface area contributed by atoms with Gasteiger partial charge in [0.1, 0.15) is 5.69 Å². The van der Waals surface area contributed by atoms with Crippen molar-refractivity contribution in [3.8, 4) is 0 Å². The maximum absolute atomic E-state index is 11.6. The molecule has 1 aromatic rings. The second-order valence-corrected chi connectivity index (χ2v) is 5.18. The molecule has 1 aliphatic carbocycles. The van der Waals surface area contributed by atoms with Crippen LogP contribution in [-0.2, 0) is 0 Å². The molecule has 1 saturated carbocycles. The Kier molecular flexibility index (Phi) is 3.92. The molecule has 6 heteroatoms. The van der Waals surface area contributed by atoms with E-state index in [1.807, 2.05) is 0 Å². The largest absolute Gasteiger partial charge is 0.374 e. The normalized spacial score (nSPS) is 16.1. The van der Waals surface area contributed by atoms with Gasteiger partial charge >= 0.3 is 0 Å². The Morgan fingerprint density at radius 2 is 2.15 bits per heavy atom. The third kappa shape index (κ3) is 2.59. The topological polar surface area (TPSA) is 84.3 Å². The second kappa shape index (κ2) is 5.48. The van der Waals surface area contributed by atoms with Gasteiger partial charge in [-0.2, -0.15) is 0 Å². The Morgan fingerprint density at radius 1 is 1.45 bits per heavy atom. The molecular weight excluding hydrogens is 258 g/mol. The van der Waals surface area contributed by atoms with E-state index in [0.717, 1.165) is 25.7 Å². The highest BCUT2D eigenvalue weighted by Gasteiger charge is 2.36. The van der Waals surface area contributed by atoms with Crippen molar-refractivity contribution < 1.29 is 9.72 Å². The molecule has 108 valence electrons. The van der Waals surface area contributed by atoms with E-state index in [2.05, 4.69) is 17.6 Å². The second-order valence-electron chi connectivity index (χ2n) is 5.18. The fourth-order valence-corrected chi connectivity index (χ4v) is 2.53. The summed E-state index contributed by atoms with van der Waals surface area (Å²) in [6.45, 7) is 2.08. The molecule has 6 nitrogen and oxygen atoms in total. The van der Waals surface area contributed by atoms with E-state index in [1.165, 1.54) is 13.1 Å². The van der Waals surface area contributed by atoms with Crippen molar-refractivity contribution in [1.29, 1.82) is 0 Å². The van der Waals surface area contributed by atoms with Crippen molar-refractivity contribution >= 4 is 17.3 Å². The Bertz CT molecular complexity index is 533. The Labute approximate surface area is 117 Å². The smallest absolute Gasteiger partial charge is 0.293 e. The van der Waals surface area contributed by atoms with Crippen molar-refractivity contribution in [3.63, 3.8) is 0 Å². The average Bonchev–Trinajstić information content (AvgIpc) is 2.41. The Hall–Kier alpha value is -2.11. The summed E-state index contributed by atoms with van der Waals surface area (Å²) in [5.74, 6) is -0.325. The number of hydrogen-bond acceptors (Lipinski definition) is 4. The zero-order valence-electron chi connectivity index (χ0n) is 11.7. The van der Waals surface area contributed by atoms with Gasteiger partial charge in [-0.25, -0.2) is 0 Å². The number of carbonyl (C=O) groups excluding carboxylic acids is 1. The monoisotopic (exact) mass is 277 g/mol. The van der Waals surface area contributed by atoms with E-state index < -0.39 is 4.92 Å². The summed E-state index contributed by atoms with van der Waals surface area (Å²) in [5, 5.41) is 17.0. The van der Waals surface area contributed by atoms with Gasteiger partial charge in [-0.3, -0.25) is 14.9 Å². The number of nitro groups is 1. The van der Waals surface area contributed by atoms with Gasteiger partial charge in [-0.1, -0.05) is 6.92 Å². The number of amides is 1. The first-order chi connectivity index (χ1) is 9.51. The molecule has 1 fully saturated rings. The predicted molar refractivity (Wildman–Crippen MR) is 77.0 cm³/mol. The summed E-state index contributed by atoms with van der Waals surface area (Å²) >= 11 is 0. The lowest BCUT2D eigenvalue weighted by atomic mass is 9.74. The van der Waals surface area contributed by atoms with E-state index in [1.54, 1.807) is 12.1 Å². The molecule has 0 unspecified atom stereocenters. The van der Waals surface area contributed by atoms with Crippen LogP contribution in [-0.4, -0.2) is 23.4 Å². The first kappa shape index (κ1) is 14.3. The number of hydrogen-bond donors (Lipinski definition) is 2. The van der Waals surface area contributed by atoms with Crippen LogP contribution in [0.5, 0.6) is 0 Å². The number of nitrogens with zero attached hydrogens (tertiary/aromatic N) is 1. The molecule has 1 amide bonds. The molecule has 0 spiro atoms. The molecule has 1 aromatic carbocycles. The van der Waals surface area contributed by atoms with Gasteiger partial charge in [0.05, 0.1) is 4.92 Å². The molecule has 2 rings (SSSR count). The van der Waals surface area contributed by atoms with Crippen molar-refractivity contribution in [2.24, 2.45) is 0 Å². The molecule has 0 radical (unpaired) electrons. The predicted octanol–water partition coefficient (Wildman–Crippen LogP) is 2.70. The van der Waals surface area contributed by atoms with Crippen LogP contribution in [0.25, 0.3) is 0 Å². The van der Waals surface area contributed by atoms with Crippen molar-refractivity contribution in [3.05, 3.63) is 33.9 Å². The minimum atomic E-state index is -0.448. The lowest BCUT2D eigenvalue weighted by molar-refractivity contribution is -0.384. The molecule has 0 saturated heterocycles. The molecule has 1 aliphatic rings. The summed E-state index contributed by atoms with van der Waals surface area (Å²) in [6.07, 6.45) is 4.13. The van der Waals surface area contributed by atoms with Crippen LogP contribution in [0.1, 0.15) is 43.0 Å². The number of benzene rings is 1. The van der Waals surface area contributed by atoms with Crippen LogP contribution in [0.2, 0.25) is 0 Å². The first-order valence-corrected chi connectivity index (χ1v) is 6.80. The summed E-state index contributed by atoms with van der Waals surface area (Å²) < 4.78 is 0. The first-order valence-electron chi connectivity index (χ1n) is 6.80. The van der Waals surface area contributed by atoms with Gasteiger partial charge in [0.2, 0.25) is 0 Å². The molecule has 0 bridgehead atoms. The molecule has 0 atom stereocenters. The molecule has 2 N–H and O–H groups in total. The van der Waals surface area contributed by atoms with Crippen LogP contribution < -0.4 is 10.6 Å². The van der Waals surface area contributed by atoms with Gasteiger partial charge in [0.15, 0.2) is 0 Å². The summed E-state index contributed by atoms with van der Waals surface area (Å²) in [4.78, 5) is 22.3. The quantitative estimate of drug-likeness (QED) is 0.640. The van der Waals surface area contributed by atoms with Crippen molar-refractivity contribution in [2.45, 2.75) is 38.1 Å². The summed E-state index contributed by atoms with van der Waals surface area (Å²) in [6, 6.07) is 4.55. The minimum Gasteiger partial charge on any atom is -0.374 e. The van der Waals surface area contributed by atoms with E-state index in [0.29, 0.717) is 11.3 Å². The van der Waals surface area contributed by atoms with Crippen LogP contribution in [0.15, 0.2) is 18.2 Å². The van der Waals surface area contributed by atoms with Crippen LogP contribution in [0.3, 0.4) is 0 Å². The highest BCUT2D eigenvalue weighted by atomic mass is 16.6. The third-order valence-corrected chi connectivity index (χ3v) is 4.07. The van der Waals surface area contributed by atoms with E-state index >= 15 is 0 Å². The van der Waals surface area contributed by atoms with Crippen LogP contribution in [0.4, 0.5) is 11.4 Å². The van der Waals surface area contributed by atoms with Crippen LogP contribution >= 0.6 is 0 Å². The Balaban J connectivity index is 2.33. The van der Waals surface area contributed by atoms with Gasteiger partial charge in [-0.05, 0) is 37.8 Å². The molecule has 0 aliphatic heterocycles. The lowest BCUT2D eigenvalue weighted by Crippen LogP contribution is -2.44. The average molecular weight is 277 g/mol. The third-order valence-electron chi connectivity index (χ3n) is 4.07. The minimum absolute atomic E-state index is 0.0285. The van der Waals surface area contributed by atoms with E-state index in [9.17, 15) is 14.9 Å². The highest BCUT2D eigenvalue weighted by Crippen LogP contribution is 2.40. The van der Waals surface area contributed by atoms with E-state index in [4.69, 9.17) is 0 Å². The number of rotatable bonds is 5. The van der Waals surface area contributed by atoms with Crippen LogP contribution in [0, 0.1) is 10.1 Å². The molecule has 0 aromatic heterocycles. The standard InChI is InChI=1S/C14H19N3O3/c1-3-14(7-4-8-14)16-11-6-5-10(13(18)15-2)9-12(11)17(19)20/h5-6,9,16H,3-4,7-8H2,1-2H3,(H,15,18). The number of anilines is 1.